The summed E-state index contributed by atoms with van der Waals surface area (Å²) in [5.74, 6) is 0.0318. The second-order valence-electron chi connectivity index (χ2n) is 6.75. The van der Waals surface area contributed by atoms with E-state index in [4.69, 9.17) is 0 Å². The van der Waals surface area contributed by atoms with Gasteiger partial charge in [0.1, 0.15) is 0 Å². The molecule has 0 aliphatic carbocycles. The third-order valence-electron chi connectivity index (χ3n) is 4.85. The van der Waals surface area contributed by atoms with Gasteiger partial charge in [-0.05, 0) is 37.1 Å². The summed E-state index contributed by atoms with van der Waals surface area (Å²) < 4.78 is 1.72. The molecule has 1 aliphatic rings. The zero-order valence-electron chi connectivity index (χ0n) is 15.2. The lowest BCUT2D eigenvalue weighted by Gasteiger charge is -2.33. The zero-order valence-corrected chi connectivity index (χ0v) is 15.2. The van der Waals surface area contributed by atoms with Gasteiger partial charge in [-0.15, -0.1) is 0 Å². The van der Waals surface area contributed by atoms with E-state index in [2.05, 4.69) is 20.4 Å². The number of pyridine rings is 2. The van der Waals surface area contributed by atoms with Gasteiger partial charge in [0.2, 0.25) is 0 Å². The van der Waals surface area contributed by atoms with Crippen molar-refractivity contribution in [2.45, 2.75) is 18.9 Å². The van der Waals surface area contributed by atoms with Crippen LogP contribution in [0.4, 0.5) is 5.69 Å². The van der Waals surface area contributed by atoms with Crippen LogP contribution in [0.5, 0.6) is 0 Å². The molecule has 1 aliphatic heterocycles. The van der Waals surface area contributed by atoms with Crippen molar-refractivity contribution in [3.8, 4) is 11.3 Å². The normalized spacial score (nSPS) is 14.9. The quantitative estimate of drug-likeness (QED) is 0.772. The Kier molecular flexibility index (Phi) is 4.82. The molecule has 1 fully saturated rings. The number of aryl methyl sites for hydroxylation is 1. The molecule has 0 saturated carbocycles. The minimum atomic E-state index is 0.0318. The molecular formula is C20H22N6O. The van der Waals surface area contributed by atoms with Gasteiger partial charge < -0.3 is 10.2 Å². The Balaban J connectivity index is 1.44. The maximum atomic E-state index is 13.1. The van der Waals surface area contributed by atoms with Gasteiger partial charge in [-0.1, -0.05) is 0 Å². The topological polar surface area (TPSA) is 75.9 Å². The Morgan fingerprint density at radius 2 is 1.93 bits per heavy atom. The summed E-state index contributed by atoms with van der Waals surface area (Å²) in [6.45, 7) is 1.45. The summed E-state index contributed by atoms with van der Waals surface area (Å²) in [4.78, 5) is 23.5. The molecule has 0 spiro atoms. The number of nitrogens with zero attached hydrogens (tertiary/aromatic N) is 5. The number of amides is 1. The van der Waals surface area contributed by atoms with Crippen LogP contribution in [0.1, 0.15) is 23.2 Å². The number of rotatable bonds is 4. The van der Waals surface area contributed by atoms with Crippen molar-refractivity contribution in [1.29, 1.82) is 0 Å². The van der Waals surface area contributed by atoms with E-state index < -0.39 is 0 Å². The maximum Gasteiger partial charge on any atom is 0.256 e. The van der Waals surface area contributed by atoms with E-state index in [0.717, 1.165) is 37.2 Å². The van der Waals surface area contributed by atoms with Gasteiger partial charge in [-0.2, -0.15) is 5.10 Å². The summed E-state index contributed by atoms with van der Waals surface area (Å²) in [7, 11) is 1.86. The largest absolute Gasteiger partial charge is 0.382 e. The van der Waals surface area contributed by atoms with Crippen molar-refractivity contribution >= 4 is 11.6 Å². The van der Waals surface area contributed by atoms with E-state index in [1.54, 1.807) is 29.5 Å². The number of carbonyl (C=O) groups is 1. The molecule has 0 unspecified atom stereocenters. The van der Waals surface area contributed by atoms with Crippen LogP contribution in [0, 0.1) is 0 Å². The third-order valence-corrected chi connectivity index (χ3v) is 4.85. The third kappa shape index (κ3) is 3.81. The molecule has 138 valence electrons. The molecule has 3 aromatic rings. The van der Waals surface area contributed by atoms with Gasteiger partial charge in [-0.25, -0.2) is 0 Å². The van der Waals surface area contributed by atoms with Gasteiger partial charge in [0.05, 0.1) is 17.5 Å². The molecule has 1 saturated heterocycles. The molecule has 0 bridgehead atoms. The number of likely N-dealkylation sites (tertiary alicyclic amines) is 1. The molecule has 0 aromatic carbocycles. The molecule has 7 nitrogen and oxygen atoms in total. The van der Waals surface area contributed by atoms with E-state index in [1.807, 2.05) is 42.4 Å². The van der Waals surface area contributed by atoms with Crippen LogP contribution in [-0.2, 0) is 7.05 Å². The first-order chi connectivity index (χ1) is 13.2. The molecular weight excluding hydrogens is 340 g/mol. The fourth-order valence-electron chi connectivity index (χ4n) is 3.43. The molecule has 4 heterocycles. The lowest BCUT2D eigenvalue weighted by atomic mass is 10.0. The van der Waals surface area contributed by atoms with Crippen LogP contribution in [-0.4, -0.2) is 49.7 Å². The summed E-state index contributed by atoms with van der Waals surface area (Å²) >= 11 is 0. The van der Waals surface area contributed by atoms with Crippen molar-refractivity contribution in [1.82, 2.24) is 24.6 Å². The second-order valence-corrected chi connectivity index (χ2v) is 6.75. The van der Waals surface area contributed by atoms with Crippen molar-refractivity contribution in [3.63, 3.8) is 0 Å². The maximum absolute atomic E-state index is 13.1. The number of nitrogens with one attached hydrogen (secondary N) is 1. The molecule has 0 atom stereocenters. The highest BCUT2D eigenvalue weighted by Gasteiger charge is 2.26. The number of piperidine rings is 1. The van der Waals surface area contributed by atoms with Crippen LogP contribution in [0.25, 0.3) is 11.3 Å². The number of hydrogen-bond acceptors (Lipinski definition) is 5. The number of aromatic nitrogens is 4. The smallest absolute Gasteiger partial charge is 0.256 e. The number of anilines is 1. The van der Waals surface area contributed by atoms with E-state index in [-0.39, 0.29) is 5.91 Å². The highest BCUT2D eigenvalue weighted by atomic mass is 16.2. The van der Waals surface area contributed by atoms with E-state index in [0.29, 0.717) is 17.3 Å². The average Bonchev–Trinajstić information content (AvgIpc) is 3.15. The minimum Gasteiger partial charge on any atom is -0.382 e. The SMILES string of the molecule is Cn1cc(-c2ncccc2C(=O)N2CCC(Nc3ccncc3)CC2)cn1. The summed E-state index contributed by atoms with van der Waals surface area (Å²) in [5, 5.41) is 7.71. The Morgan fingerprint density at radius 1 is 1.15 bits per heavy atom. The first-order valence-electron chi connectivity index (χ1n) is 9.10. The van der Waals surface area contributed by atoms with E-state index in [1.165, 1.54) is 0 Å². The van der Waals surface area contributed by atoms with Crippen molar-refractivity contribution in [2.75, 3.05) is 18.4 Å². The molecule has 4 rings (SSSR count). The van der Waals surface area contributed by atoms with Crippen LogP contribution in [0.15, 0.2) is 55.2 Å². The summed E-state index contributed by atoms with van der Waals surface area (Å²) in [5.41, 5.74) is 3.25. The van der Waals surface area contributed by atoms with Gasteiger partial charge in [-0.3, -0.25) is 19.4 Å². The monoisotopic (exact) mass is 362 g/mol. The standard InChI is InChI=1S/C20H22N6O/c1-25-14-15(13-23-25)19-18(3-2-8-22-19)20(27)26-11-6-17(7-12-26)24-16-4-9-21-10-5-16/h2-5,8-10,13-14,17H,6-7,11-12H2,1H3,(H,21,24). The van der Waals surface area contributed by atoms with Crippen LogP contribution in [0.3, 0.4) is 0 Å². The first kappa shape index (κ1) is 17.2. The molecule has 27 heavy (non-hydrogen) atoms. The second kappa shape index (κ2) is 7.57. The predicted octanol–water partition coefficient (Wildman–Crippen LogP) is 2.59. The summed E-state index contributed by atoms with van der Waals surface area (Å²) in [6, 6.07) is 7.95. The van der Waals surface area contributed by atoms with Crippen LogP contribution >= 0.6 is 0 Å². The molecule has 0 radical (unpaired) electrons. The van der Waals surface area contributed by atoms with Gasteiger partial charge in [0.25, 0.3) is 5.91 Å². The predicted molar refractivity (Wildman–Crippen MR) is 103 cm³/mol. The van der Waals surface area contributed by atoms with Gasteiger partial charge >= 0.3 is 0 Å². The summed E-state index contributed by atoms with van der Waals surface area (Å²) in [6.07, 6.45) is 10.7. The Morgan fingerprint density at radius 3 is 2.63 bits per heavy atom. The lowest BCUT2D eigenvalue weighted by molar-refractivity contribution is 0.0719. The van der Waals surface area contributed by atoms with Crippen LogP contribution < -0.4 is 5.32 Å². The lowest BCUT2D eigenvalue weighted by Crippen LogP contribution is -2.42. The Hall–Kier alpha value is -3.22. The average molecular weight is 362 g/mol. The van der Waals surface area contributed by atoms with E-state index in [9.17, 15) is 4.79 Å². The van der Waals surface area contributed by atoms with Crippen molar-refractivity contribution < 1.29 is 4.79 Å². The highest BCUT2D eigenvalue weighted by molar-refractivity contribution is 5.99. The first-order valence-corrected chi connectivity index (χ1v) is 9.10. The number of hydrogen-bond donors (Lipinski definition) is 1. The Bertz CT molecular complexity index is 915. The van der Waals surface area contributed by atoms with Crippen LogP contribution in [0.2, 0.25) is 0 Å². The van der Waals surface area contributed by atoms with Crippen molar-refractivity contribution in [2.24, 2.45) is 7.05 Å². The fourth-order valence-corrected chi connectivity index (χ4v) is 3.43. The molecule has 1 N–H and O–H groups in total. The Labute approximate surface area is 158 Å². The van der Waals surface area contributed by atoms with E-state index >= 15 is 0 Å². The number of carbonyl (C=O) groups excluding carboxylic acids is 1. The fraction of sp³-hybridized carbons (Fsp3) is 0.300. The van der Waals surface area contributed by atoms with Gasteiger partial charge in [0, 0.05) is 62.2 Å². The van der Waals surface area contributed by atoms with Gasteiger partial charge in [0.15, 0.2) is 0 Å². The zero-order chi connectivity index (χ0) is 18.6. The molecule has 1 amide bonds. The van der Waals surface area contributed by atoms with Crippen molar-refractivity contribution in [3.05, 3.63) is 60.8 Å². The highest BCUT2D eigenvalue weighted by Crippen LogP contribution is 2.24. The molecule has 7 heteroatoms. The molecule has 3 aromatic heterocycles. The minimum absolute atomic E-state index is 0.0318.